The maximum absolute atomic E-state index is 5.62. The highest BCUT2D eigenvalue weighted by Crippen LogP contribution is 2.27. The highest BCUT2D eigenvalue weighted by Gasteiger charge is 2.23. The molecular formula is C18H26N2O+2. The molecule has 0 radical (unpaired) electrons. The van der Waals surface area contributed by atoms with Crippen molar-refractivity contribution in [2.24, 2.45) is 0 Å². The Balaban J connectivity index is 1.85. The SMILES string of the molecule is CC[NH+]1CC[NH+](Cc2c(OC)ccc3ccccc23)CC1. The van der Waals surface area contributed by atoms with Crippen LogP contribution in [0.3, 0.4) is 0 Å². The zero-order valence-electron chi connectivity index (χ0n) is 13.1. The zero-order valence-corrected chi connectivity index (χ0v) is 13.1. The van der Waals surface area contributed by atoms with Crippen molar-refractivity contribution in [2.45, 2.75) is 13.5 Å². The summed E-state index contributed by atoms with van der Waals surface area (Å²) in [5.74, 6) is 1.03. The average molecular weight is 286 g/mol. The van der Waals surface area contributed by atoms with Crippen LogP contribution in [0.4, 0.5) is 0 Å². The molecule has 1 heterocycles. The van der Waals surface area contributed by atoms with Gasteiger partial charge in [0.2, 0.25) is 0 Å². The number of hydrogen-bond donors (Lipinski definition) is 2. The largest absolute Gasteiger partial charge is 0.496 e. The first-order chi connectivity index (χ1) is 10.3. The molecular weight excluding hydrogens is 260 g/mol. The fourth-order valence-corrected chi connectivity index (χ4v) is 3.43. The lowest BCUT2D eigenvalue weighted by molar-refractivity contribution is -1.02. The summed E-state index contributed by atoms with van der Waals surface area (Å²) in [4.78, 5) is 3.42. The van der Waals surface area contributed by atoms with E-state index in [1.54, 1.807) is 16.9 Å². The van der Waals surface area contributed by atoms with E-state index in [9.17, 15) is 0 Å². The fraction of sp³-hybridized carbons (Fsp3) is 0.444. The number of benzene rings is 2. The molecule has 1 aliphatic heterocycles. The van der Waals surface area contributed by atoms with Gasteiger partial charge in [0, 0.05) is 0 Å². The van der Waals surface area contributed by atoms with Crippen molar-refractivity contribution in [3.05, 3.63) is 42.0 Å². The lowest BCUT2D eigenvalue weighted by atomic mass is 10.0. The summed E-state index contributed by atoms with van der Waals surface area (Å²) in [6.07, 6.45) is 0. The van der Waals surface area contributed by atoms with Crippen molar-refractivity contribution < 1.29 is 14.5 Å². The Labute approximate surface area is 127 Å². The number of piperazine rings is 1. The molecule has 112 valence electrons. The lowest BCUT2D eigenvalue weighted by Crippen LogP contribution is -3.27. The Hall–Kier alpha value is -1.58. The molecule has 0 bridgehead atoms. The molecule has 0 saturated carbocycles. The Morgan fingerprint density at radius 2 is 1.67 bits per heavy atom. The normalized spacial score (nSPS) is 22.4. The first-order valence-electron chi connectivity index (χ1n) is 8.03. The molecule has 3 rings (SSSR count). The van der Waals surface area contributed by atoms with Crippen LogP contribution in [0.5, 0.6) is 5.75 Å². The van der Waals surface area contributed by atoms with Gasteiger partial charge in [-0.15, -0.1) is 0 Å². The highest BCUT2D eigenvalue weighted by molar-refractivity contribution is 5.87. The Bertz CT molecular complexity index is 603. The van der Waals surface area contributed by atoms with Crippen LogP contribution in [-0.2, 0) is 6.54 Å². The second-order valence-electron chi connectivity index (χ2n) is 6.00. The van der Waals surface area contributed by atoms with Crippen molar-refractivity contribution in [1.82, 2.24) is 0 Å². The zero-order chi connectivity index (χ0) is 14.7. The summed E-state index contributed by atoms with van der Waals surface area (Å²) in [5, 5.41) is 2.65. The molecule has 0 amide bonds. The summed E-state index contributed by atoms with van der Waals surface area (Å²) in [7, 11) is 1.78. The number of fused-ring (bicyclic) bond motifs is 1. The third-order valence-corrected chi connectivity index (χ3v) is 4.81. The molecule has 2 aromatic rings. The van der Waals surface area contributed by atoms with E-state index in [0.717, 1.165) is 12.3 Å². The van der Waals surface area contributed by atoms with Crippen molar-refractivity contribution in [2.75, 3.05) is 39.8 Å². The van der Waals surface area contributed by atoms with Crippen LogP contribution in [0.2, 0.25) is 0 Å². The molecule has 1 aliphatic rings. The number of methoxy groups -OCH3 is 1. The van der Waals surface area contributed by atoms with Crippen molar-refractivity contribution in [3.63, 3.8) is 0 Å². The highest BCUT2D eigenvalue weighted by atomic mass is 16.5. The first kappa shape index (κ1) is 14.4. The van der Waals surface area contributed by atoms with Gasteiger partial charge < -0.3 is 14.5 Å². The van der Waals surface area contributed by atoms with Crippen LogP contribution in [0.25, 0.3) is 10.8 Å². The molecule has 21 heavy (non-hydrogen) atoms. The maximum Gasteiger partial charge on any atom is 0.128 e. The molecule has 0 spiro atoms. The van der Waals surface area contributed by atoms with Crippen molar-refractivity contribution in [1.29, 1.82) is 0 Å². The van der Waals surface area contributed by atoms with E-state index in [1.165, 1.54) is 49.1 Å². The number of hydrogen-bond acceptors (Lipinski definition) is 1. The summed E-state index contributed by atoms with van der Waals surface area (Å²) < 4.78 is 5.62. The smallest absolute Gasteiger partial charge is 0.128 e. The quantitative estimate of drug-likeness (QED) is 0.819. The van der Waals surface area contributed by atoms with Crippen LogP contribution in [0, 0.1) is 0 Å². The number of likely N-dealkylation sites (N-methyl/N-ethyl adjacent to an activating group) is 1. The fourth-order valence-electron chi connectivity index (χ4n) is 3.43. The van der Waals surface area contributed by atoms with E-state index in [4.69, 9.17) is 4.74 Å². The average Bonchev–Trinajstić information content (AvgIpc) is 2.56. The van der Waals surface area contributed by atoms with E-state index in [1.807, 2.05) is 0 Å². The Morgan fingerprint density at radius 3 is 2.38 bits per heavy atom. The third-order valence-electron chi connectivity index (χ3n) is 4.81. The van der Waals surface area contributed by atoms with E-state index < -0.39 is 0 Å². The van der Waals surface area contributed by atoms with Crippen molar-refractivity contribution in [3.8, 4) is 5.75 Å². The lowest BCUT2D eigenvalue weighted by Gasteiger charge is -2.29. The molecule has 1 saturated heterocycles. The van der Waals surface area contributed by atoms with Crippen LogP contribution in [0.15, 0.2) is 36.4 Å². The monoisotopic (exact) mass is 286 g/mol. The molecule has 2 aromatic carbocycles. The van der Waals surface area contributed by atoms with Gasteiger partial charge in [-0.1, -0.05) is 30.3 Å². The molecule has 0 unspecified atom stereocenters. The Morgan fingerprint density at radius 1 is 0.952 bits per heavy atom. The molecule has 3 nitrogen and oxygen atoms in total. The van der Waals surface area contributed by atoms with Gasteiger partial charge in [0.05, 0.1) is 19.2 Å². The minimum atomic E-state index is 1.03. The third kappa shape index (κ3) is 3.04. The number of rotatable bonds is 4. The van der Waals surface area contributed by atoms with Gasteiger partial charge in [0.25, 0.3) is 0 Å². The summed E-state index contributed by atoms with van der Waals surface area (Å²) >= 11 is 0. The summed E-state index contributed by atoms with van der Waals surface area (Å²) in [6, 6.07) is 12.9. The topological polar surface area (TPSA) is 18.1 Å². The van der Waals surface area contributed by atoms with Gasteiger partial charge in [0.1, 0.15) is 38.5 Å². The van der Waals surface area contributed by atoms with Crippen LogP contribution in [-0.4, -0.2) is 39.8 Å². The minimum absolute atomic E-state index is 1.03. The van der Waals surface area contributed by atoms with Gasteiger partial charge in [-0.2, -0.15) is 0 Å². The summed E-state index contributed by atoms with van der Waals surface area (Å²) in [5.41, 5.74) is 1.37. The molecule has 3 heteroatoms. The van der Waals surface area contributed by atoms with E-state index in [2.05, 4.69) is 43.3 Å². The second-order valence-corrected chi connectivity index (χ2v) is 6.00. The number of ether oxygens (including phenoxy) is 1. The summed E-state index contributed by atoms with van der Waals surface area (Å²) in [6.45, 7) is 9.71. The number of nitrogens with one attached hydrogen (secondary N) is 2. The van der Waals surface area contributed by atoms with E-state index >= 15 is 0 Å². The van der Waals surface area contributed by atoms with Gasteiger partial charge in [-0.05, 0) is 23.8 Å². The van der Waals surface area contributed by atoms with Gasteiger partial charge in [-0.25, -0.2) is 0 Å². The molecule has 0 atom stereocenters. The second kappa shape index (κ2) is 6.46. The van der Waals surface area contributed by atoms with Crippen molar-refractivity contribution >= 4 is 10.8 Å². The molecule has 0 aromatic heterocycles. The molecule has 1 fully saturated rings. The van der Waals surface area contributed by atoms with E-state index in [-0.39, 0.29) is 0 Å². The van der Waals surface area contributed by atoms with Crippen LogP contribution in [0.1, 0.15) is 12.5 Å². The molecule has 2 N–H and O–H groups in total. The van der Waals surface area contributed by atoms with Gasteiger partial charge >= 0.3 is 0 Å². The van der Waals surface area contributed by atoms with E-state index in [0.29, 0.717) is 0 Å². The standard InChI is InChI=1S/C18H24N2O/c1-3-19-10-12-20(13-11-19)14-17-16-7-5-4-6-15(16)8-9-18(17)21-2/h4-9H,3,10-14H2,1-2H3/p+2. The molecule has 0 aliphatic carbocycles. The maximum atomic E-state index is 5.62. The first-order valence-corrected chi connectivity index (χ1v) is 8.03. The number of quaternary nitrogens is 2. The van der Waals surface area contributed by atoms with Gasteiger partial charge in [-0.3, -0.25) is 0 Å². The van der Waals surface area contributed by atoms with Gasteiger partial charge in [0.15, 0.2) is 0 Å². The van der Waals surface area contributed by atoms with Crippen LogP contribution < -0.4 is 14.5 Å². The predicted molar refractivity (Wildman–Crippen MR) is 86.1 cm³/mol. The Kier molecular flexibility index (Phi) is 4.42. The predicted octanol–water partition coefficient (Wildman–Crippen LogP) is 0.152. The van der Waals surface area contributed by atoms with Crippen LogP contribution >= 0.6 is 0 Å². The minimum Gasteiger partial charge on any atom is -0.496 e.